The Morgan fingerprint density at radius 1 is 0.625 bits per heavy atom. The molecule has 2 saturated heterocycles. The lowest BCUT2D eigenvalue weighted by atomic mass is 9.87. The van der Waals surface area contributed by atoms with Gasteiger partial charge in [-0.1, -0.05) is 60.7 Å². The number of hydrogen-bond acceptors (Lipinski definition) is 8. The molecule has 0 unspecified atom stereocenters. The summed E-state index contributed by atoms with van der Waals surface area (Å²) >= 11 is 0. The molecule has 2 aromatic heterocycles. The molecule has 6 aromatic rings. The average molecular weight is 861 g/mol. The summed E-state index contributed by atoms with van der Waals surface area (Å²) in [4.78, 5) is 73.2. The molecule has 16 heteroatoms. The summed E-state index contributed by atoms with van der Waals surface area (Å²) < 4.78 is 12.9. The van der Waals surface area contributed by atoms with E-state index in [1.54, 1.807) is 12.4 Å². The molecule has 10 rings (SSSR count). The van der Waals surface area contributed by atoms with Crippen LogP contribution in [-0.2, 0) is 22.8 Å². The number of nitrogens with zero attached hydrogens (tertiary/aromatic N) is 4. The summed E-state index contributed by atoms with van der Waals surface area (Å²) in [5, 5.41) is 10.8. The largest absolute Gasteiger partial charge is 0.488 e. The van der Waals surface area contributed by atoms with Crippen LogP contribution in [0.15, 0.2) is 97.3 Å². The number of hydrogen-bond donors (Lipinski definition) is 6. The van der Waals surface area contributed by atoms with Crippen molar-refractivity contribution in [1.82, 2.24) is 51.0 Å². The lowest BCUT2D eigenvalue weighted by molar-refractivity contribution is -0.135. The first-order valence-corrected chi connectivity index (χ1v) is 21.7. The number of likely N-dealkylation sites (tertiary alicyclic amines) is 2. The molecule has 0 saturated carbocycles. The quantitative estimate of drug-likeness (QED) is 0.0887. The van der Waals surface area contributed by atoms with Gasteiger partial charge in [0.1, 0.15) is 48.4 Å². The highest BCUT2D eigenvalue weighted by Crippen LogP contribution is 2.51. The number of aromatic nitrogens is 4. The molecule has 4 aliphatic heterocycles. The predicted molar refractivity (Wildman–Crippen MR) is 237 cm³/mol. The fraction of sp³-hybridized carbons (Fsp3) is 0.292. The van der Waals surface area contributed by atoms with Crippen molar-refractivity contribution < 1.29 is 28.7 Å². The van der Waals surface area contributed by atoms with E-state index in [0.717, 1.165) is 82.0 Å². The van der Waals surface area contributed by atoms with E-state index in [1.165, 1.54) is 14.1 Å². The van der Waals surface area contributed by atoms with Crippen LogP contribution in [0.2, 0.25) is 0 Å². The zero-order valence-electron chi connectivity index (χ0n) is 35.4. The number of nitrogens with one attached hydrogen (secondary N) is 6. The van der Waals surface area contributed by atoms with Gasteiger partial charge in [-0.15, -0.1) is 0 Å². The molecular formula is C48H48N10O6. The Bertz CT molecular complexity index is 2520. The number of carbonyl (C=O) groups is 4. The summed E-state index contributed by atoms with van der Waals surface area (Å²) in [6, 6.07) is 23.7. The van der Waals surface area contributed by atoms with E-state index in [4.69, 9.17) is 19.4 Å². The first kappa shape index (κ1) is 40.5. The van der Waals surface area contributed by atoms with Crippen LogP contribution in [0.4, 0.5) is 9.59 Å². The third-order valence-corrected chi connectivity index (χ3v) is 12.7. The van der Waals surface area contributed by atoms with Crippen molar-refractivity contribution >= 4 is 23.9 Å². The molecule has 4 atom stereocenters. The molecule has 0 radical (unpaired) electrons. The van der Waals surface area contributed by atoms with Crippen LogP contribution in [0.25, 0.3) is 33.6 Å². The number of urea groups is 2. The summed E-state index contributed by atoms with van der Waals surface area (Å²) in [7, 11) is 3.05. The van der Waals surface area contributed by atoms with Gasteiger partial charge in [0.2, 0.25) is 11.8 Å². The van der Waals surface area contributed by atoms with Crippen LogP contribution in [0.3, 0.4) is 0 Å². The summed E-state index contributed by atoms with van der Waals surface area (Å²) in [5.41, 5.74) is 8.77. The third kappa shape index (κ3) is 7.43. The Morgan fingerprint density at radius 3 is 1.45 bits per heavy atom. The van der Waals surface area contributed by atoms with Crippen LogP contribution >= 0.6 is 0 Å². The van der Waals surface area contributed by atoms with E-state index < -0.39 is 24.1 Å². The molecule has 0 spiro atoms. The van der Waals surface area contributed by atoms with Gasteiger partial charge in [0, 0.05) is 60.6 Å². The van der Waals surface area contributed by atoms with Crippen molar-refractivity contribution in [3.05, 3.63) is 131 Å². The summed E-state index contributed by atoms with van der Waals surface area (Å²) in [6.07, 6.45) is 6.68. The first-order chi connectivity index (χ1) is 31.3. The van der Waals surface area contributed by atoms with Crippen molar-refractivity contribution in [2.24, 2.45) is 0 Å². The van der Waals surface area contributed by atoms with Gasteiger partial charge in [-0.3, -0.25) is 9.59 Å². The molecule has 64 heavy (non-hydrogen) atoms. The third-order valence-electron chi connectivity index (χ3n) is 12.7. The first-order valence-electron chi connectivity index (χ1n) is 21.7. The fourth-order valence-electron chi connectivity index (χ4n) is 9.53. The van der Waals surface area contributed by atoms with Crippen molar-refractivity contribution in [2.75, 3.05) is 27.2 Å². The molecule has 2 fully saturated rings. The Hall–Kier alpha value is -7.62. The SMILES string of the molecule is CNC(=O)N[C@@H](C(=O)N1CCC[C@H]1c1ncc(-c2cc3c4c(c2)OCc2cc(-c5cnc([C@@H]6CCCN6C(=O)[C@H](NC(=O)NC)c6ccccc6)[nH]5)cc(c2-4)OC3)[nH]1)c1ccccc1. The van der Waals surface area contributed by atoms with Crippen LogP contribution in [0, 0.1) is 0 Å². The second-order valence-electron chi connectivity index (χ2n) is 16.5. The predicted octanol–water partition coefficient (Wildman–Crippen LogP) is 6.59. The highest BCUT2D eigenvalue weighted by Gasteiger charge is 2.39. The van der Waals surface area contributed by atoms with Gasteiger partial charge >= 0.3 is 12.1 Å². The number of carbonyl (C=O) groups excluding carboxylic acids is 4. The Kier molecular flexibility index (Phi) is 10.7. The maximum atomic E-state index is 14.1. The van der Waals surface area contributed by atoms with Crippen molar-refractivity contribution in [2.45, 2.75) is 63.1 Å². The summed E-state index contributed by atoms with van der Waals surface area (Å²) in [5.74, 6) is 2.49. The molecule has 4 aromatic carbocycles. The van der Waals surface area contributed by atoms with E-state index in [9.17, 15) is 19.2 Å². The highest BCUT2D eigenvalue weighted by molar-refractivity contribution is 5.90. The highest BCUT2D eigenvalue weighted by atomic mass is 16.5. The van der Waals surface area contributed by atoms with Crippen LogP contribution < -0.4 is 30.7 Å². The molecule has 6 amide bonds. The Labute approximate surface area is 369 Å². The minimum atomic E-state index is -0.845. The second kappa shape index (κ2) is 16.9. The van der Waals surface area contributed by atoms with E-state index in [-0.39, 0.29) is 23.9 Å². The van der Waals surface area contributed by atoms with Gasteiger partial charge in [0.15, 0.2) is 0 Å². The molecule has 326 valence electrons. The van der Waals surface area contributed by atoms with Crippen LogP contribution in [0.1, 0.15) is 83.8 Å². The maximum Gasteiger partial charge on any atom is 0.315 e. The van der Waals surface area contributed by atoms with E-state index in [1.807, 2.05) is 82.6 Å². The van der Waals surface area contributed by atoms with Crippen molar-refractivity contribution in [1.29, 1.82) is 0 Å². The fourth-order valence-corrected chi connectivity index (χ4v) is 9.53. The number of imidazole rings is 2. The van der Waals surface area contributed by atoms with Gasteiger partial charge < -0.3 is 50.5 Å². The minimum Gasteiger partial charge on any atom is -0.488 e. The molecule has 0 aliphatic carbocycles. The smallest absolute Gasteiger partial charge is 0.315 e. The van der Waals surface area contributed by atoms with Gasteiger partial charge in [-0.05, 0) is 61.1 Å². The lowest BCUT2D eigenvalue weighted by Crippen LogP contribution is -2.45. The van der Waals surface area contributed by atoms with E-state index in [0.29, 0.717) is 49.1 Å². The number of H-pyrrole nitrogens is 2. The molecule has 4 aliphatic rings. The van der Waals surface area contributed by atoms with Gasteiger partial charge in [-0.25, -0.2) is 19.6 Å². The van der Waals surface area contributed by atoms with Crippen LogP contribution in [-0.4, -0.2) is 80.8 Å². The zero-order valence-corrected chi connectivity index (χ0v) is 35.4. The number of amides is 6. The molecular weight excluding hydrogens is 813 g/mol. The molecule has 6 heterocycles. The van der Waals surface area contributed by atoms with Crippen LogP contribution in [0.5, 0.6) is 11.5 Å². The zero-order chi connectivity index (χ0) is 43.9. The summed E-state index contributed by atoms with van der Waals surface area (Å²) in [6.45, 7) is 1.76. The second-order valence-corrected chi connectivity index (χ2v) is 16.5. The number of ether oxygens (including phenoxy) is 2. The number of benzene rings is 4. The molecule has 6 N–H and O–H groups in total. The maximum absolute atomic E-state index is 14.1. The molecule has 0 bridgehead atoms. The lowest BCUT2D eigenvalue weighted by Gasteiger charge is -2.30. The molecule has 16 nitrogen and oxygen atoms in total. The Morgan fingerprint density at radius 2 is 1.05 bits per heavy atom. The monoisotopic (exact) mass is 860 g/mol. The standard InChI is InChI=1S/C48H48N10O6/c1-49-47(61)55-41(27-11-5-3-6-12-27)45(59)57-17-9-15-35(57)43-51-23-33(53-43)29-19-31-25-64-38-22-30(20-32-26-63-37(21-29)39(31)40(32)38)34-24-52-44(54-34)36-16-10-18-58(36)46(60)42(56-48(62)50-2)28-13-7-4-8-14-28/h3-8,11-14,19-24,35-36,41-42H,9-10,15-18,25-26H2,1-2H3,(H,51,53)(H,52,54)(H2,49,55,61)(H2,50,56,62)/t35-,36-,41+,42+/m0/s1. The number of rotatable bonds is 10. The van der Waals surface area contributed by atoms with Crippen molar-refractivity contribution in [3.63, 3.8) is 0 Å². The van der Waals surface area contributed by atoms with Gasteiger partial charge in [0.05, 0.1) is 35.9 Å². The van der Waals surface area contributed by atoms with Gasteiger partial charge in [-0.2, -0.15) is 0 Å². The minimum absolute atomic E-state index is 0.192. The topological polar surface area (TPSA) is 199 Å². The Balaban J connectivity index is 0.879. The van der Waals surface area contributed by atoms with E-state index >= 15 is 0 Å². The number of aromatic amines is 2. The van der Waals surface area contributed by atoms with E-state index in [2.05, 4.69) is 43.4 Å². The van der Waals surface area contributed by atoms with Crippen molar-refractivity contribution in [3.8, 4) is 45.1 Å². The normalized spacial score (nSPS) is 18.0. The van der Waals surface area contributed by atoms with Gasteiger partial charge in [0.25, 0.3) is 0 Å². The average Bonchev–Trinajstić information content (AvgIpc) is 4.19.